The first kappa shape index (κ1) is 10.5. The Morgan fingerprint density at radius 3 is 2.71 bits per heavy atom. The van der Waals surface area contributed by atoms with Crippen molar-refractivity contribution in [2.75, 3.05) is 0 Å². The summed E-state index contributed by atoms with van der Waals surface area (Å²) in [6.07, 6.45) is 6.84. The van der Waals surface area contributed by atoms with Crippen LogP contribution in [0.5, 0.6) is 0 Å². The van der Waals surface area contributed by atoms with Crippen LogP contribution in [0.4, 0.5) is 0 Å². The largest absolute Gasteiger partial charge is 0.454 e. The highest BCUT2D eigenvalue weighted by Gasteiger charge is 2.12. The van der Waals surface area contributed by atoms with Crippen LogP contribution in [0.3, 0.4) is 0 Å². The monoisotopic (exact) mass is 305 g/mol. The molecule has 0 saturated heterocycles. The number of hydrogen-bond donors (Lipinski definition) is 1. The Labute approximate surface area is 98.6 Å². The minimum Gasteiger partial charge on any atom is -0.454 e. The van der Waals surface area contributed by atoms with Crippen LogP contribution in [-0.4, -0.2) is 6.04 Å². The predicted molar refractivity (Wildman–Crippen MR) is 65.1 cm³/mol. The van der Waals surface area contributed by atoms with E-state index in [1.807, 2.05) is 6.07 Å². The molecule has 1 aromatic heterocycles. The lowest BCUT2D eigenvalue weighted by Crippen LogP contribution is -2.30. The summed E-state index contributed by atoms with van der Waals surface area (Å²) in [5.74, 6) is 1.06. The minimum absolute atomic E-state index is 0.714. The van der Waals surface area contributed by atoms with E-state index < -0.39 is 0 Å². The molecular weight excluding hydrogens is 289 g/mol. The molecule has 1 N–H and O–H groups in total. The Balaban J connectivity index is 1.76. The highest BCUT2D eigenvalue weighted by Crippen LogP contribution is 2.18. The molecule has 0 spiro atoms. The highest BCUT2D eigenvalue weighted by molar-refractivity contribution is 14.1. The van der Waals surface area contributed by atoms with Crippen LogP contribution < -0.4 is 5.32 Å². The minimum atomic E-state index is 0.714. The highest BCUT2D eigenvalue weighted by atomic mass is 127. The van der Waals surface area contributed by atoms with Crippen molar-refractivity contribution in [3.05, 3.63) is 21.7 Å². The van der Waals surface area contributed by atoms with Gasteiger partial charge in [-0.15, -0.1) is 0 Å². The predicted octanol–water partition coefficient (Wildman–Crippen LogP) is 3.31. The Hall–Kier alpha value is -0.0300. The molecule has 1 aliphatic carbocycles. The molecule has 1 aromatic rings. The third kappa shape index (κ3) is 2.98. The number of furan rings is 1. The van der Waals surface area contributed by atoms with Gasteiger partial charge in [-0.25, -0.2) is 0 Å². The fourth-order valence-corrected chi connectivity index (χ4v) is 2.46. The molecule has 1 heterocycles. The summed E-state index contributed by atoms with van der Waals surface area (Å²) >= 11 is 2.20. The Kier molecular flexibility index (Phi) is 3.87. The first-order valence-electron chi connectivity index (χ1n) is 5.32. The lowest BCUT2D eigenvalue weighted by Gasteiger charge is -2.22. The Morgan fingerprint density at radius 2 is 2.07 bits per heavy atom. The summed E-state index contributed by atoms with van der Waals surface area (Å²) in [6.45, 7) is 0.883. The summed E-state index contributed by atoms with van der Waals surface area (Å²) in [7, 11) is 0. The normalized spacial score (nSPS) is 18.6. The van der Waals surface area contributed by atoms with Crippen LogP contribution in [0.15, 0.2) is 16.5 Å². The molecule has 78 valence electrons. The molecule has 1 saturated carbocycles. The lowest BCUT2D eigenvalue weighted by molar-refractivity contribution is 0.354. The number of halogens is 1. The number of rotatable bonds is 3. The molecule has 0 aliphatic heterocycles. The number of nitrogens with one attached hydrogen (secondary N) is 1. The van der Waals surface area contributed by atoms with Crippen LogP contribution >= 0.6 is 22.6 Å². The van der Waals surface area contributed by atoms with Crippen molar-refractivity contribution >= 4 is 22.6 Å². The van der Waals surface area contributed by atoms with E-state index in [4.69, 9.17) is 4.42 Å². The average molecular weight is 305 g/mol. The van der Waals surface area contributed by atoms with Crippen LogP contribution in [0.25, 0.3) is 0 Å². The lowest BCUT2D eigenvalue weighted by atomic mass is 9.95. The first-order chi connectivity index (χ1) is 6.84. The average Bonchev–Trinajstić information content (AvgIpc) is 2.63. The van der Waals surface area contributed by atoms with Gasteiger partial charge in [-0.2, -0.15) is 0 Å². The van der Waals surface area contributed by atoms with Crippen molar-refractivity contribution in [3.63, 3.8) is 0 Å². The van der Waals surface area contributed by atoms with E-state index in [2.05, 4.69) is 34.0 Å². The summed E-state index contributed by atoms with van der Waals surface area (Å²) in [6, 6.07) is 4.78. The van der Waals surface area contributed by atoms with Gasteiger partial charge in [0.1, 0.15) is 5.76 Å². The van der Waals surface area contributed by atoms with E-state index in [9.17, 15) is 0 Å². The zero-order valence-electron chi connectivity index (χ0n) is 8.26. The quantitative estimate of drug-likeness (QED) is 0.867. The van der Waals surface area contributed by atoms with E-state index in [0.717, 1.165) is 16.1 Å². The molecule has 0 unspecified atom stereocenters. The number of hydrogen-bond acceptors (Lipinski definition) is 2. The van der Waals surface area contributed by atoms with Gasteiger partial charge in [-0.3, -0.25) is 0 Å². The second kappa shape index (κ2) is 5.16. The van der Waals surface area contributed by atoms with Gasteiger partial charge >= 0.3 is 0 Å². The Morgan fingerprint density at radius 1 is 1.29 bits per heavy atom. The van der Waals surface area contributed by atoms with Gasteiger partial charge in [0, 0.05) is 6.04 Å². The topological polar surface area (TPSA) is 25.2 Å². The van der Waals surface area contributed by atoms with Crippen LogP contribution in [0.1, 0.15) is 37.9 Å². The summed E-state index contributed by atoms with van der Waals surface area (Å²) in [4.78, 5) is 0. The molecule has 0 radical (unpaired) electrons. The van der Waals surface area contributed by atoms with E-state index in [0.29, 0.717) is 6.04 Å². The summed E-state index contributed by atoms with van der Waals surface area (Å²) in [5.41, 5.74) is 0. The van der Waals surface area contributed by atoms with Crippen LogP contribution in [0, 0.1) is 3.77 Å². The molecule has 2 nitrogen and oxygen atoms in total. The molecule has 0 bridgehead atoms. The zero-order valence-corrected chi connectivity index (χ0v) is 10.4. The molecule has 3 heteroatoms. The maximum atomic E-state index is 5.50. The SMILES string of the molecule is Ic1ccc(CNC2CCCCC2)o1. The summed E-state index contributed by atoms with van der Waals surface area (Å²) in [5, 5.41) is 3.55. The standard InChI is InChI=1S/C11H16INO/c12-11-7-6-10(14-11)8-13-9-4-2-1-3-5-9/h6-7,9,13H,1-5,8H2. The zero-order chi connectivity index (χ0) is 9.80. The fraction of sp³-hybridized carbons (Fsp3) is 0.636. The molecular formula is C11H16INO. The van der Waals surface area contributed by atoms with Crippen molar-refractivity contribution in [1.29, 1.82) is 0 Å². The third-order valence-corrected chi connectivity index (χ3v) is 3.38. The van der Waals surface area contributed by atoms with Crippen molar-refractivity contribution < 1.29 is 4.42 Å². The van der Waals surface area contributed by atoms with E-state index >= 15 is 0 Å². The van der Waals surface area contributed by atoms with E-state index in [1.165, 1.54) is 32.1 Å². The van der Waals surface area contributed by atoms with E-state index in [1.54, 1.807) is 0 Å². The second-order valence-corrected chi connectivity index (χ2v) is 4.98. The second-order valence-electron chi connectivity index (χ2n) is 3.92. The van der Waals surface area contributed by atoms with Crippen LogP contribution in [0.2, 0.25) is 0 Å². The molecule has 1 aliphatic rings. The van der Waals surface area contributed by atoms with Crippen molar-refractivity contribution in [1.82, 2.24) is 5.32 Å². The van der Waals surface area contributed by atoms with E-state index in [-0.39, 0.29) is 0 Å². The Bertz CT molecular complexity index is 279. The van der Waals surface area contributed by atoms with Gasteiger partial charge in [0.25, 0.3) is 0 Å². The van der Waals surface area contributed by atoms with Gasteiger partial charge in [0.2, 0.25) is 0 Å². The first-order valence-corrected chi connectivity index (χ1v) is 6.40. The molecule has 0 aromatic carbocycles. The van der Waals surface area contributed by atoms with Gasteiger partial charge in [0.15, 0.2) is 3.77 Å². The smallest absolute Gasteiger partial charge is 0.164 e. The van der Waals surface area contributed by atoms with Gasteiger partial charge < -0.3 is 9.73 Å². The van der Waals surface area contributed by atoms with Crippen molar-refractivity contribution in [2.45, 2.75) is 44.7 Å². The third-order valence-electron chi connectivity index (χ3n) is 2.80. The molecule has 1 fully saturated rings. The maximum Gasteiger partial charge on any atom is 0.164 e. The molecule has 0 amide bonds. The van der Waals surface area contributed by atoms with Gasteiger partial charge in [-0.05, 0) is 47.6 Å². The fourth-order valence-electron chi connectivity index (χ4n) is 2.00. The molecule has 14 heavy (non-hydrogen) atoms. The summed E-state index contributed by atoms with van der Waals surface area (Å²) < 4.78 is 6.47. The van der Waals surface area contributed by atoms with Crippen LogP contribution in [-0.2, 0) is 6.54 Å². The van der Waals surface area contributed by atoms with Crippen molar-refractivity contribution in [3.8, 4) is 0 Å². The van der Waals surface area contributed by atoms with Gasteiger partial charge in [0.05, 0.1) is 6.54 Å². The van der Waals surface area contributed by atoms with Crippen molar-refractivity contribution in [2.24, 2.45) is 0 Å². The molecule has 0 atom stereocenters. The maximum absolute atomic E-state index is 5.50. The molecule has 2 rings (SSSR count). The van der Waals surface area contributed by atoms with Gasteiger partial charge in [-0.1, -0.05) is 19.3 Å².